The maximum Gasteiger partial charge on any atom is -0.0247 e. The summed E-state index contributed by atoms with van der Waals surface area (Å²) in [6, 6.07) is 17.5. The molecule has 0 unspecified atom stereocenters. The van der Waals surface area contributed by atoms with Crippen molar-refractivity contribution in [2.75, 3.05) is 0 Å². The Hall–Kier alpha value is -1.56. The largest absolute Gasteiger partial charge is 0.0620 e. The monoisotopic (exact) mass is 264 g/mol. The Bertz CT molecular complexity index is 479. The Balaban J connectivity index is 0.000000121. The fraction of sp³-hybridized carbons (Fsp3) is 0.400. The maximum absolute atomic E-state index is 2.32. The summed E-state index contributed by atoms with van der Waals surface area (Å²) < 4.78 is 0. The Morgan fingerprint density at radius 3 is 1.05 bits per heavy atom. The molecule has 0 heteroatoms. The van der Waals surface area contributed by atoms with Crippen LogP contribution < -0.4 is 0 Å². The van der Waals surface area contributed by atoms with E-state index in [1.54, 1.807) is 22.3 Å². The Kier molecular flexibility index (Phi) is 3.91. The summed E-state index contributed by atoms with van der Waals surface area (Å²) in [6.45, 7) is 4.64. The average molecular weight is 264 g/mol. The van der Waals surface area contributed by atoms with E-state index in [2.05, 4.69) is 62.4 Å². The Morgan fingerprint density at radius 2 is 0.800 bits per heavy atom. The summed E-state index contributed by atoms with van der Waals surface area (Å²) in [5.41, 5.74) is 6.26. The summed E-state index contributed by atoms with van der Waals surface area (Å²) in [4.78, 5) is 0. The molecule has 0 saturated carbocycles. The van der Waals surface area contributed by atoms with Crippen molar-refractivity contribution in [3.8, 4) is 0 Å². The van der Waals surface area contributed by atoms with E-state index in [0.29, 0.717) is 0 Å². The molecule has 2 aromatic rings. The number of rotatable bonds is 0. The first kappa shape index (κ1) is 13.4. The van der Waals surface area contributed by atoms with Gasteiger partial charge in [-0.15, -0.1) is 0 Å². The normalized spacial score (nSPS) is 17.3. The number of benzene rings is 2. The summed E-state index contributed by atoms with van der Waals surface area (Å²) in [7, 11) is 0. The van der Waals surface area contributed by atoms with Gasteiger partial charge in [-0.3, -0.25) is 0 Å². The van der Waals surface area contributed by atoms with Gasteiger partial charge in [0.05, 0.1) is 0 Å². The fourth-order valence-corrected chi connectivity index (χ4v) is 3.56. The van der Waals surface area contributed by atoms with Gasteiger partial charge in [0.25, 0.3) is 0 Å². The van der Waals surface area contributed by atoms with Crippen molar-refractivity contribution in [3.05, 3.63) is 70.8 Å². The quantitative estimate of drug-likeness (QED) is 0.638. The van der Waals surface area contributed by atoms with Crippen LogP contribution >= 0.6 is 0 Å². The molecule has 0 radical (unpaired) electrons. The van der Waals surface area contributed by atoms with E-state index in [4.69, 9.17) is 0 Å². The minimum Gasteiger partial charge on any atom is -0.0620 e. The molecule has 0 nitrogen and oxygen atoms in total. The first-order valence-electron chi connectivity index (χ1n) is 7.86. The second-order valence-electron chi connectivity index (χ2n) is 6.56. The van der Waals surface area contributed by atoms with Crippen LogP contribution in [0.15, 0.2) is 48.5 Å². The van der Waals surface area contributed by atoms with Gasteiger partial charge in [-0.1, -0.05) is 62.4 Å². The number of hydrogen-bond donors (Lipinski definition) is 0. The maximum atomic E-state index is 2.32. The van der Waals surface area contributed by atoms with Gasteiger partial charge in [-0.25, -0.2) is 0 Å². The van der Waals surface area contributed by atoms with Gasteiger partial charge in [0.2, 0.25) is 0 Å². The molecule has 0 bridgehead atoms. The molecule has 0 aliphatic heterocycles. The van der Waals surface area contributed by atoms with E-state index in [0.717, 1.165) is 11.8 Å². The van der Waals surface area contributed by atoms with Crippen molar-refractivity contribution < 1.29 is 0 Å². The van der Waals surface area contributed by atoms with E-state index >= 15 is 0 Å². The molecular formula is C20H24. The highest BCUT2D eigenvalue weighted by atomic mass is 14.2. The summed E-state index contributed by atoms with van der Waals surface area (Å²) in [5.74, 6) is 1.75. The van der Waals surface area contributed by atoms with Crippen LogP contribution in [0.4, 0.5) is 0 Å². The van der Waals surface area contributed by atoms with Crippen molar-refractivity contribution in [3.63, 3.8) is 0 Å². The highest BCUT2D eigenvalue weighted by Crippen LogP contribution is 2.26. The van der Waals surface area contributed by atoms with Crippen LogP contribution in [0.1, 0.15) is 36.1 Å². The van der Waals surface area contributed by atoms with Crippen LogP contribution in [0, 0.1) is 11.8 Å². The van der Waals surface area contributed by atoms with E-state index in [-0.39, 0.29) is 0 Å². The molecule has 0 atom stereocenters. The van der Waals surface area contributed by atoms with Gasteiger partial charge in [-0.2, -0.15) is 0 Å². The van der Waals surface area contributed by atoms with E-state index < -0.39 is 0 Å². The molecule has 0 saturated heterocycles. The zero-order chi connectivity index (χ0) is 13.9. The van der Waals surface area contributed by atoms with Gasteiger partial charge in [0.1, 0.15) is 0 Å². The highest BCUT2D eigenvalue weighted by molar-refractivity contribution is 5.32. The molecule has 0 heterocycles. The van der Waals surface area contributed by atoms with Crippen molar-refractivity contribution in [2.24, 2.45) is 11.8 Å². The molecule has 2 aliphatic rings. The zero-order valence-corrected chi connectivity index (χ0v) is 12.6. The van der Waals surface area contributed by atoms with Crippen molar-refractivity contribution in [2.45, 2.75) is 39.5 Å². The van der Waals surface area contributed by atoms with E-state index in [1.807, 2.05) is 0 Å². The third kappa shape index (κ3) is 2.95. The second-order valence-corrected chi connectivity index (χ2v) is 6.56. The molecule has 0 N–H and O–H groups in total. The Morgan fingerprint density at radius 1 is 0.550 bits per heavy atom. The Labute approximate surface area is 122 Å². The molecule has 4 rings (SSSR count). The third-order valence-electron chi connectivity index (χ3n) is 4.51. The topological polar surface area (TPSA) is 0 Å². The van der Waals surface area contributed by atoms with Crippen molar-refractivity contribution >= 4 is 0 Å². The molecule has 2 aliphatic carbocycles. The lowest BCUT2D eigenvalue weighted by Gasteiger charge is -1.93. The van der Waals surface area contributed by atoms with Crippen LogP contribution in [0.2, 0.25) is 0 Å². The third-order valence-corrected chi connectivity index (χ3v) is 4.51. The van der Waals surface area contributed by atoms with Gasteiger partial charge in [0.15, 0.2) is 0 Å². The summed E-state index contributed by atoms with van der Waals surface area (Å²) in [5, 5.41) is 0. The summed E-state index contributed by atoms with van der Waals surface area (Å²) in [6.07, 6.45) is 5.15. The van der Waals surface area contributed by atoms with Crippen LogP contribution in [0.3, 0.4) is 0 Å². The lowest BCUT2D eigenvalue weighted by atomic mass is 10.1. The van der Waals surface area contributed by atoms with Crippen LogP contribution in [-0.4, -0.2) is 0 Å². The lowest BCUT2D eigenvalue weighted by Crippen LogP contribution is -1.89. The van der Waals surface area contributed by atoms with Gasteiger partial charge >= 0.3 is 0 Å². The predicted octanol–water partition coefficient (Wildman–Crippen LogP) is 4.84. The van der Waals surface area contributed by atoms with Crippen molar-refractivity contribution in [1.82, 2.24) is 0 Å². The van der Waals surface area contributed by atoms with Gasteiger partial charge in [0, 0.05) is 0 Å². The van der Waals surface area contributed by atoms with Crippen LogP contribution in [0.5, 0.6) is 0 Å². The molecule has 0 spiro atoms. The van der Waals surface area contributed by atoms with Crippen molar-refractivity contribution in [1.29, 1.82) is 0 Å². The molecule has 0 aromatic heterocycles. The van der Waals surface area contributed by atoms with E-state index in [1.165, 1.54) is 25.7 Å². The molecule has 0 amide bonds. The number of fused-ring (bicyclic) bond motifs is 2. The summed E-state index contributed by atoms with van der Waals surface area (Å²) >= 11 is 0. The minimum atomic E-state index is 0.873. The highest BCUT2D eigenvalue weighted by Gasteiger charge is 2.16. The first-order chi connectivity index (χ1) is 9.72. The van der Waals surface area contributed by atoms with Gasteiger partial charge < -0.3 is 0 Å². The SMILES string of the molecule is CC1Cc2ccccc2C1.CC1Cc2ccccc2C1. The van der Waals surface area contributed by atoms with E-state index in [9.17, 15) is 0 Å². The second kappa shape index (κ2) is 5.83. The lowest BCUT2D eigenvalue weighted by molar-refractivity contribution is 0.627. The molecule has 2 aromatic carbocycles. The van der Waals surface area contributed by atoms with Gasteiger partial charge in [-0.05, 0) is 59.8 Å². The standard InChI is InChI=1S/2C10H12/c2*1-8-6-9-4-2-3-5-10(9)7-8/h2*2-5,8H,6-7H2,1H3. The van der Waals surface area contributed by atoms with Crippen LogP contribution in [-0.2, 0) is 25.7 Å². The first-order valence-corrected chi connectivity index (χ1v) is 7.86. The average Bonchev–Trinajstić information content (AvgIpc) is 2.99. The zero-order valence-electron chi connectivity index (χ0n) is 12.6. The molecular weight excluding hydrogens is 240 g/mol. The fourth-order valence-electron chi connectivity index (χ4n) is 3.56. The molecule has 0 fully saturated rings. The predicted molar refractivity (Wildman–Crippen MR) is 86.0 cm³/mol. The van der Waals surface area contributed by atoms with Crippen LogP contribution in [0.25, 0.3) is 0 Å². The molecule has 104 valence electrons. The molecule has 20 heavy (non-hydrogen) atoms. The minimum absolute atomic E-state index is 0.873. The smallest absolute Gasteiger partial charge is 0.0247 e. The number of hydrogen-bond acceptors (Lipinski definition) is 0.